The molecule has 1 aliphatic carbocycles. The summed E-state index contributed by atoms with van der Waals surface area (Å²) in [7, 11) is 0. The van der Waals surface area contributed by atoms with Gasteiger partial charge in [-0.1, -0.05) is 0 Å². The predicted octanol–water partition coefficient (Wildman–Crippen LogP) is 1.75. The van der Waals surface area contributed by atoms with Gasteiger partial charge in [0, 0.05) is 37.0 Å². The van der Waals surface area contributed by atoms with Gasteiger partial charge >= 0.3 is 0 Å². The van der Waals surface area contributed by atoms with Gasteiger partial charge in [0.2, 0.25) is 5.91 Å². The van der Waals surface area contributed by atoms with Crippen LogP contribution in [0.15, 0.2) is 11.1 Å². The van der Waals surface area contributed by atoms with Crippen molar-refractivity contribution in [2.24, 2.45) is 11.8 Å². The van der Waals surface area contributed by atoms with E-state index in [9.17, 15) is 9.59 Å². The van der Waals surface area contributed by atoms with Crippen molar-refractivity contribution < 1.29 is 4.79 Å². The van der Waals surface area contributed by atoms with E-state index in [1.807, 2.05) is 4.90 Å². The largest absolute Gasteiger partial charge is 0.342 e. The Bertz CT molecular complexity index is 914. The van der Waals surface area contributed by atoms with E-state index in [4.69, 9.17) is 0 Å². The number of piperidine rings is 1. The summed E-state index contributed by atoms with van der Waals surface area (Å²) in [6.45, 7) is 4.10. The molecule has 26 heavy (non-hydrogen) atoms. The van der Waals surface area contributed by atoms with Crippen LogP contribution in [0.1, 0.15) is 36.1 Å². The number of carbonyl (C=O) groups excluding carboxylic acids is 1. The highest BCUT2D eigenvalue weighted by molar-refractivity contribution is 7.18. The van der Waals surface area contributed by atoms with Crippen LogP contribution in [0.5, 0.6) is 0 Å². The first kappa shape index (κ1) is 16.4. The Morgan fingerprint density at radius 1 is 1.35 bits per heavy atom. The molecule has 0 aromatic carbocycles. The molecule has 7 heteroatoms. The van der Waals surface area contributed by atoms with Crippen LogP contribution >= 0.6 is 11.3 Å². The highest BCUT2D eigenvalue weighted by atomic mass is 32.1. The summed E-state index contributed by atoms with van der Waals surface area (Å²) in [6, 6.07) is 0. The lowest BCUT2D eigenvalue weighted by Gasteiger charge is -2.33. The smallest absolute Gasteiger partial charge is 0.262 e. The molecule has 4 heterocycles. The summed E-state index contributed by atoms with van der Waals surface area (Å²) in [5, 5.41) is 4.20. The average Bonchev–Trinajstić information content (AvgIpc) is 3.44. The molecule has 2 aromatic heterocycles. The van der Waals surface area contributed by atoms with Crippen LogP contribution in [0.2, 0.25) is 0 Å². The molecule has 0 radical (unpaired) electrons. The Morgan fingerprint density at radius 2 is 2.23 bits per heavy atom. The minimum absolute atomic E-state index is 0.0973. The summed E-state index contributed by atoms with van der Waals surface area (Å²) < 4.78 is 1.78. The number of hydrogen-bond donors (Lipinski definition) is 1. The molecule has 138 valence electrons. The van der Waals surface area contributed by atoms with E-state index in [0.29, 0.717) is 18.4 Å². The Kier molecular flexibility index (Phi) is 4.09. The van der Waals surface area contributed by atoms with Gasteiger partial charge in [-0.15, -0.1) is 11.3 Å². The summed E-state index contributed by atoms with van der Waals surface area (Å²) >= 11 is 1.64. The van der Waals surface area contributed by atoms with Crippen LogP contribution in [-0.4, -0.2) is 40.0 Å². The molecule has 1 saturated carbocycles. The predicted molar refractivity (Wildman–Crippen MR) is 101 cm³/mol. The number of amides is 1. The molecule has 1 amide bonds. The Balaban J connectivity index is 1.39. The zero-order chi connectivity index (χ0) is 17.7. The quantitative estimate of drug-likeness (QED) is 0.891. The SMILES string of the molecule is O=C(C1CC1)N1CCC[C@@H](Cn2cnc3sc4c(c3c2=O)CCNC4)C1. The highest BCUT2D eigenvalue weighted by Crippen LogP contribution is 2.33. The second-order valence-electron chi connectivity index (χ2n) is 7.88. The topological polar surface area (TPSA) is 67.2 Å². The molecule has 2 aliphatic heterocycles. The number of rotatable bonds is 3. The molecule has 1 atom stereocenters. The van der Waals surface area contributed by atoms with Crippen LogP contribution in [0.3, 0.4) is 0 Å². The van der Waals surface area contributed by atoms with Crippen molar-refractivity contribution in [2.45, 2.75) is 45.2 Å². The van der Waals surface area contributed by atoms with Crippen molar-refractivity contribution in [3.05, 3.63) is 27.1 Å². The monoisotopic (exact) mass is 372 g/mol. The van der Waals surface area contributed by atoms with Crippen molar-refractivity contribution in [1.29, 1.82) is 0 Å². The maximum atomic E-state index is 13.1. The fourth-order valence-electron chi connectivity index (χ4n) is 4.36. The molecule has 5 rings (SSSR count). The third-order valence-corrected chi connectivity index (χ3v) is 7.05. The minimum Gasteiger partial charge on any atom is -0.342 e. The standard InChI is InChI=1S/C19H24N4O2S/c24-18(13-3-4-13)22-7-1-2-12(9-22)10-23-11-21-17-16(19(23)25)14-5-6-20-8-15(14)26-17/h11-13,20H,1-10H2/t12-/m1/s1. The number of carbonyl (C=O) groups is 1. The first-order valence-corrected chi connectivity index (χ1v) is 10.5. The van der Waals surface area contributed by atoms with Crippen LogP contribution in [0.4, 0.5) is 0 Å². The van der Waals surface area contributed by atoms with Gasteiger partial charge in [-0.2, -0.15) is 0 Å². The van der Waals surface area contributed by atoms with Gasteiger partial charge in [-0.05, 0) is 50.1 Å². The molecule has 1 saturated heterocycles. The molecule has 1 N–H and O–H groups in total. The van der Waals surface area contributed by atoms with Gasteiger partial charge in [-0.3, -0.25) is 14.2 Å². The van der Waals surface area contributed by atoms with Gasteiger partial charge in [-0.25, -0.2) is 4.98 Å². The lowest BCUT2D eigenvalue weighted by Crippen LogP contribution is -2.42. The lowest BCUT2D eigenvalue weighted by atomic mass is 9.97. The Hall–Kier alpha value is -1.73. The van der Waals surface area contributed by atoms with E-state index < -0.39 is 0 Å². The van der Waals surface area contributed by atoms with Crippen LogP contribution < -0.4 is 10.9 Å². The fraction of sp³-hybridized carbons (Fsp3) is 0.632. The van der Waals surface area contributed by atoms with Crippen LogP contribution in [-0.2, 0) is 24.3 Å². The number of likely N-dealkylation sites (tertiary alicyclic amines) is 1. The zero-order valence-corrected chi connectivity index (χ0v) is 15.7. The molecule has 0 bridgehead atoms. The van der Waals surface area contributed by atoms with E-state index in [0.717, 1.165) is 68.5 Å². The second-order valence-corrected chi connectivity index (χ2v) is 8.96. The van der Waals surface area contributed by atoms with Gasteiger partial charge < -0.3 is 10.2 Å². The molecule has 0 spiro atoms. The lowest BCUT2D eigenvalue weighted by molar-refractivity contribution is -0.134. The van der Waals surface area contributed by atoms with Gasteiger partial charge in [0.15, 0.2) is 0 Å². The van der Waals surface area contributed by atoms with Crippen LogP contribution in [0.25, 0.3) is 10.2 Å². The summed E-state index contributed by atoms with van der Waals surface area (Å²) in [4.78, 5) is 34.2. The van der Waals surface area contributed by atoms with Gasteiger partial charge in [0.25, 0.3) is 5.56 Å². The first-order chi connectivity index (χ1) is 12.7. The molecule has 2 fully saturated rings. The Labute approximate surface area is 156 Å². The molecule has 3 aliphatic rings. The zero-order valence-electron chi connectivity index (χ0n) is 14.9. The third-order valence-electron chi connectivity index (χ3n) is 5.91. The maximum absolute atomic E-state index is 13.1. The Morgan fingerprint density at radius 3 is 3.08 bits per heavy atom. The number of nitrogens with zero attached hydrogens (tertiary/aromatic N) is 3. The third kappa shape index (κ3) is 2.87. The number of aromatic nitrogens is 2. The number of fused-ring (bicyclic) bond motifs is 3. The summed E-state index contributed by atoms with van der Waals surface area (Å²) in [5.74, 6) is 0.954. The fourth-order valence-corrected chi connectivity index (χ4v) is 5.51. The number of hydrogen-bond acceptors (Lipinski definition) is 5. The van der Waals surface area contributed by atoms with E-state index in [1.165, 1.54) is 10.4 Å². The second kappa shape index (κ2) is 6.46. The number of thiophene rings is 1. The van der Waals surface area contributed by atoms with Crippen molar-refractivity contribution >= 4 is 27.5 Å². The number of nitrogens with one attached hydrogen (secondary N) is 1. The summed E-state index contributed by atoms with van der Waals surface area (Å²) in [6.07, 6.45) is 6.83. The molecule has 6 nitrogen and oxygen atoms in total. The van der Waals surface area contributed by atoms with E-state index in [-0.39, 0.29) is 11.5 Å². The van der Waals surface area contributed by atoms with Crippen molar-refractivity contribution in [3.63, 3.8) is 0 Å². The molecule has 0 unspecified atom stereocenters. The van der Waals surface area contributed by atoms with Crippen molar-refractivity contribution in [1.82, 2.24) is 19.8 Å². The van der Waals surface area contributed by atoms with Gasteiger partial charge in [0.05, 0.1) is 11.7 Å². The van der Waals surface area contributed by atoms with Crippen LogP contribution in [0, 0.1) is 11.8 Å². The van der Waals surface area contributed by atoms with Crippen molar-refractivity contribution in [2.75, 3.05) is 19.6 Å². The normalized spacial score (nSPS) is 23.2. The van der Waals surface area contributed by atoms with E-state index in [1.54, 1.807) is 22.2 Å². The molecule has 2 aromatic rings. The van der Waals surface area contributed by atoms with E-state index in [2.05, 4.69) is 10.3 Å². The average molecular weight is 372 g/mol. The van der Waals surface area contributed by atoms with E-state index >= 15 is 0 Å². The highest BCUT2D eigenvalue weighted by Gasteiger charge is 2.35. The molecular weight excluding hydrogens is 348 g/mol. The minimum atomic E-state index is 0.0973. The maximum Gasteiger partial charge on any atom is 0.262 e. The van der Waals surface area contributed by atoms with Gasteiger partial charge in [0.1, 0.15) is 4.83 Å². The molecular formula is C19H24N4O2S. The first-order valence-electron chi connectivity index (χ1n) is 9.70. The van der Waals surface area contributed by atoms with Crippen molar-refractivity contribution in [3.8, 4) is 0 Å². The summed E-state index contributed by atoms with van der Waals surface area (Å²) in [5.41, 5.74) is 1.30.